The predicted octanol–water partition coefficient (Wildman–Crippen LogP) is 1.12. The Balaban J connectivity index is 1.48. The molecular weight excluding hydrogens is 408 g/mol. The van der Waals surface area contributed by atoms with E-state index in [4.69, 9.17) is 5.73 Å². The van der Waals surface area contributed by atoms with Gasteiger partial charge in [0.15, 0.2) is 5.52 Å². The van der Waals surface area contributed by atoms with E-state index in [-0.39, 0.29) is 23.5 Å². The number of hydrogen-bond acceptors (Lipinski definition) is 7. The number of aromatic amines is 1. The number of rotatable bonds is 4. The van der Waals surface area contributed by atoms with E-state index in [1.165, 1.54) is 6.20 Å². The highest BCUT2D eigenvalue weighted by Gasteiger charge is 2.21. The van der Waals surface area contributed by atoms with Crippen molar-refractivity contribution in [2.24, 2.45) is 0 Å². The molecule has 1 saturated heterocycles. The number of nitrogen functional groups attached to an aromatic ring is 1. The van der Waals surface area contributed by atoms with Crippen LogP contribution in [0.2, 0.25) is 0 Å². The minimum Gasteiger partial charge on any atom is -0.369 e. The van der Waals surface area contributed by atoms with E-state index >= 15 is 0 Å². The van der Waals surface area contributed by atoms with Gasteiger partial charge in [0.2, 0.25) is 5.95 Å². The van der Waals surface area contributed by atoms with Gasteiger partial charge in [-0.2, -0.15) is 5.10 Å². The van der Waals surface area contributed by atoms with Crippen molar-refractivity contribution in [3.63, 3.8) is 0 Å². The van der Waals surface area contributed by atoms with Gasteiger partial charge in [0.25, 0.3) is 11.5 Å². The third-order valence-corrected chi connectivity index (χ3v) is 5.99. The molecule has 0 aliphatic carbocycles. The third-order valence-electron chi connectivity index (χ3n) is 5.99. The summed E-state index contributed by atoms with van der Waals surface area (Å²) in [4.78, 5) is 38.9. The molecule has 1 aliphatic rings. The fourth-order valence-electron chi connectivity index (χ4n) is 4.28. The van der Waals surface area contributed by atoms with Crippen LogP contribution in [0.4, 0.5) is 5.95 Å². The number of nitrogens with two attached hydrogens (primary N) is 1. The number of fused-ring (bicyclic) bond motifs is 2. The Morgan fingerprint density at radius 1 is 1.28 bits per heavy atom. The highest BCUT2D eigenvalue weighted by Crippen LogP contribution is 2.23. The maximum atomic E-state index is 13.1. The zero-order valence-electron chi connectivity index (χ0n) is 17.7. The van der Waals surface area contributed by atoms with Crippen LogP contribution < -0.4 is 16.6 Å². The molecule has 1 fully saturated rings. The number of hydrogen-bond donors (Lipinski definition) is 3. The molecule has 1 aromatic carbocycles. The van der Waals surface area contributed by atoms with Crippen molar-refractivity contribution >= 4 is 33.8 Å². The molecule has 0 spiro atoms. The second-order valence-electron chi connectivity index (χ2n) is 8.21. The van der Waals surface area contributed by atoms with Crippen LogP contribution in [0, 0.1) is 0 Å². The average molecular weight is 432 g/mol. The lowest BCUT2D eigenvalue weighted by Gasteiger charge is -2.29. The van der Waals surface area contributed by atoms with E-state index in [0.29, 0.717) is 28.7 Å². The molecule has 0 radical (unpaired) electrons. The van der Waals surface area contributed by atoms with Gasteiger partial charge in [-0.25, -0.2) is 4.98 Å². The smallest absolute Gasteiger partial charge is 0.278 e. The minimum atomic E-state index is -0.351. The van der Waals surface area contributed by atoms with Crippen LogP contribution in [0.1, 0.15) is 28.8 Å². The number of pyridine rings is 1. The van der Waals surface area contributed by atoms with Crippen LogP contribution in [0.15, 0.2) is 41.5 Å². The van der Waals surface area contributed by atoms with E-state index in [9.17, 15) is 9.59 Å². The second kappa shape index (κ2) is 8.04. The highest BCUT2D eigenvalue weighted by atomic mass is 16.1. The topological polar surface area (TPSA) is 135 Å². The van der Waals surface area contributed by atoms with Crippen LogP contribution >= 0.6 is 0 Å². The lowest BCUT2D eigenvalue weighted by molar-refractivity contribution is 0.0918. The van der Waals surface area contributed by atoms with Crippen molar-refractivity contribution in [1.82, 2.24) is 34.9 Å². The number of likely N-dealkylation sites (tertiary alicyclic amines) is 1. The molecule has 5 rings (SSSR count). The van der Waals surface area contributed by atoms with Crippen LogP contribution in [-0.2, 0) is 6.54 Å². The van der Waals surface area contributed by atoms with Gasteiger partial charge in [0, 0.05) is 23.2 Å². The summed E-state index contributed by atoms with van der Waals surface area (Å²) in [5.74, 6) is -0.0427. The van der Waals surface area contributed by atoms with Gasteiger partial charge in [-0.15, -0.1) is 0 Å². The fourth-order valence-corrected chi connectivity index (χ4v) is 4.28. The normalized spacial score (nSPS) is 15.4. The molecule has 0 bridgehead atoms. The Kier molecular flexibility index (Phi) is 5.06. The standard InChI is InChI=1S/C22H24N8O2/c1-29-9-6-14(7-10-29)26-20(31)16-5-4-13(18-15(16)3-2-8-24-18)12-30-19-17(11-25-30)27-22(23)28-21(19)32/h2-5,8,11,14H,6-7,9-10,12H2,1H3,(H,26,31)(H3,23,27,28,32). The summed E-state index contributed by atoms with van der Waals surface area (Å²) >= 11 is 0. The maximum absolute atomic E-state index is 13.1. The Bertz CT molecular complexity index is 1370. The third kappa shape index (κ3) is 3.69. The van der Waals surface area contributed by atoms with Crippen molar-refractivity contribution in [3.8, 4) is 0 Å². The number of benzene rings is 1. The number of aromatic nitrogens is 5. The summed E-state index contributed by atoms with van der Waals surface area (Å²) in [6.07, 6.45) is 5.09. The van der Waals surface area contributed by atoms with E-state index in [1.54, 1.807) is 10.9 Å². The summed E-state index contributed by atoms with van der Waals surface area (Å²) < 4.78 is 1.57. The van der Waals surface area contributed by atoms with Crippen LogP contribution in [0.25, 0.3) is 21.9 Å². The Hall–Kier alpha value is -3.79. The molecule has 4 heterocycles. The highest BCUT2D eigenvalue weighted by molar-refractivity contribution is 6.07. The largest absolute Gasteiger partial charge is 0.369 e. The SMILES string of the molecule is CN1CCC(NC(=O)c2ccc(Cn3ncc4nc(N)[nH]c(=O)c43)c3ncccc23)CC1. The number of nitrogens with zero attached hydrogens (tertiary/aromatic N) is 5. The molecule has 1 aliphatic heterocycles. The number of anilines is 1. The van der Waals surface area contributed by atoms with Crippen molar-refractivity contribution in [2.45, 2.75) is 25.4 Å². The number of H-pyrrole nitrogens is 1. The summed E-state index contributed by atoms with van der Waals surface area (Å²) in [6, 6.07) is 7.57. The zero-order valence-corrected chi connectivity index (χ0v) is 17.7. The molecule has 0 atom stereocenters. The predicted molar refractivity (Wildman–Crippen MR) is 121 cm³/mol. The first-order chi connectivity index (χ1) is 15.5. The number of piperidine rings is 1. The Morgan fingerprint density at radius 3 is 2.91 bits per heavy atom. The Morgan fingerprint density at radius 2 is 2.09 bits per heavy atom. The first-order valence-corrected chi connectivity index (χ1v) is 10.6. The summed E-state index contributed by atoms with van der Waals surface area (Å²) in [7, 11) is 2.09. The summed E-state index contributed by atoms with van der Waals surface area (Å²) in [6.45, 7) is 2.26. The molecule has 4 N–H and O–H groups in total. The molecule has 32 heavy (non-hydrogen) atoms. The second-order valence-corrected chi connectivity index (χ2v) is 8.21. The molecule has 1 amide bonds. The van der Waals surface area contributed by atoms with Gasteiger partial charge in [0.1, 0.15) is 5.52 Å². The van der Waals surface area contributed by atoms with Gasteiger partial charge < -0.3 is 16.0 Å². The number of carbonyl (C=O) groups is 1. The molecular formula is C22H24N8O2. The average Bonchev–Trinajstić information content (AvgIpc) is 3.18. The van der Waals surface area contributed by atoms with Crippen LogP contribution in [0.3, 0.4) is 0 Å². The molecule has 10 heteroatoms. The van der Waals surface area contributed by atoms with E-state index in [1.807, 2.05) is 24.3 Å². The van der Waals surface area contributed by atoms with E-state index in [2.05, 4.69) is 37.3 Å². The van der Waals surface area contributed by atoms with Crippen molar-refractivity contribution in [1.29, 1.82) is 0 Å². The number of nitrogens with one attached hydrogen (secondary N) is 2. The van der Waals surface area contributed by atoms with E-state index in [0.717, 1.165) is 36.9 Å². The monoisotopic (exact) mass is 432 g/mol. The van der Waals surface area contributed by atoms with Crippen molar-refractivity contribution in [2.75, 3.05) is 25.9 Å². The van der Waals surface area contributed by atoms with Crippen LogP contribution in [0.5, 0.6) is 0 Å². The fraction of sp³-hybridized carbons (Fsp3) is 0.318. The first kappa shape index (κ1) is 20.1. The first-order valence-electron chi connectivity index (χ1n) is 10.6. The molecule has 4 aromatic rings. The van der Waals surface area contributed by atoms with E-state index < -0.39 is 0 Å². The number of amides is 1. The number of carbonyl (C=O) groups excluding carboxylic acids is 1. The van der Waals surface area contributed by atoms with Gasteiger partial charge in [-0.3, -0.25) is 24.2 Å². The van der Waals surface area contributed by atoms with Gasteiger partial charge in [-0.05, 0) is 50.7 Å². The van der Waals surface area contributed by atoms with Crippen LogP contribution in [-0.4, -0.2) is 61.7 Å². The lowest BCUT2D eigenvalue weighted by atomic mass is 10.0. The van der Waals surface area contributed by atoms with Crippen molar-refractivity contribution < 1.29 is 4.79 Å². The molecule has 3 aromatic heterocycles. The zero-order chi connectivity index (χ0) is 22.2. The van der Waals surface area contributed by atoms with Gasteiger partial charge in [-0.1, -0.05) is 12.1 Å². The maximum Gasteiger partial charge on any atom is 0.278 e. The quantitative estimate of drug-likeness (QED) is 0.440. The molecule has 164 valence electrons. The molecule has 10 nitrogen and oxygen atoms in total. The molecule has 0 saturated carbocycles. The molecule has 0 unspecified atom stereocenters. The van der Waals surface area contributed by atoms with Crippen molar-refractivity contribution in [3.05, 3.63) is 58.1 Å². The van der Waals surface area contributed by atoms with Gasteiger partial charge in [0.05, 0.1) is 18.3 Å². The summed E-state index contributed by atoms with van der Waals surface area (Å²) in [5, 5.41) is 8.25. The minimum absolute atomic E-state index is 0.0501. The lowest BCUT2D eigenvalue weighted by Crippen LogP contribution is -2.43. The summed E-state index contributed by atoms with van der Waals surface area (Å²) in [5.41, 5.74) is 8.18. The Labute approximate surface area is 183 Å². The van der Waals surface area contributed by atoms with Gasteiger partial charge >= 0.3 is 0 Å².